The van der Waals surface area contributed by atoms with E-state index in [0.717, 1.165) is 25.7 Å². The Balaban J connectivity index is 2.54. The van der Waals surface area contributed by atoms with Crippen LogP contribution in [0.15, 0.2) is 36.5 Å². The molecule has 8 atom stereocenters. The molecule has 1 heterocycles. The zero-order valence-corrected chi connectivity index (χ0v) is 32.7. The van der Waals surface area contributed by atoms with Gasteiger partial charge in [-0.3, -0.25) is 4.79 Å². The minimum absolute atomic E-state index is 0.0996. The van der Waals surface area contributed by atoms with E-state index in [1.807, 2.05) is 12.2 Å². The normalized spacial score (nSPS) is 22.8. The molecule has 1 aliphatic rings. The van der Waals surface area contributed by atoms with E-state index in [1.54, 1.807) is 12.2 Å². The van der Waals surface area contributed by atoms with E-state index in [2.05, 4.69) is 31.3 Å². The highest BCUT2D eigenvalue weighted by Crippen LogP contribution is 2.22. The van der Waals surface area contributed by atoms with Gasteiger partial charge >= 0.3 is 0 Å². The van der Waals surface area contributed by atoms with Crippen molar-refractivity contribution in [1.29, 1.82) is 0 Å². The monoisotopic (exact) mass is 740 g/mol. The Labute approximate surface area is 315 Å². The molecule has 10 nitrogen and oxygen atoms in total. The third-order valence-electron chi connectivity index (χ3n) is 9.83. The summed E-state index contributed by atoms with van der Waals surface area (Å²) in [6.07, 6.45) is 28.2. The lowest BCUT2D eigenvalue weighted by molar-refractivity contribution is -0.302. The van der Waals surface area contributed by atoms with Crippen LogP contribution in [0, 0.1) is 0 Å². The van der Waals surface area contributed by atoms with Gasteiger partial charge in [-0.2, -0.15) is 0 Å². The van der Waals surface area contributed by atoms with Crippen molar-refractivity contribution in [3.8, 4) is 0 Å². The molecule has 304 valence electrons. The van der Waals surface area contributed by atoms with E-state index in [-0.39, 0.29) is 13.0 Å². The van der Waals surface area contributed by atoms with Crippen LogP contribution in [0.5, 0.6) is 0 Å². The number of hydrogen-bond donors (Lipinski definition) is 7. The molecular formula is C42H77NO9. The summed E-state index contributed by atoms with van der Waals surface area (Å²) < 4.78 is 11.1. The average molecular weight is 740 g/mol. The summed E-state index contributed by atoms with van der Waals surface area (Å²) in [6, 6.07) is -1.01. The van der Waals surface area contributed by atoms with Crippen LogP contribution >= 0.6 is 0 Å². The van der Waals surface area contributed by atoms with Gasteiger partial charge < -0.3 is 45.4 Å². The first-order chi connectivity index (χ1) is 25.3. The number of allylic oxidation sites excluding steroid dienone is 4. The molecule has 0 spiro atoms. The molecule has 1 aliphatic heterocycles. The van der Waals surface area contributed by atoms with Gasteiger partial charge in [0.05, 0.1) is 25.4 Å². The molecule has 0 aliphatic carbocycles. The molecule has 7 N–H and O–H groups in total. The van der Waals surface area contributed by atoms with Crippen LogP contribution < -0.4 is 5.32 Å². The summed E-state index contributed by atoms with van der Waals surface area (Å²) in [7, 11) is 0. The van der Waals surface area contributed by atoms with Crippen molar-refractivity contribution < 1.29 is 44.9 Å². The summed E-state index contributed by atoms with van der Waals surface area (Å²) in [4.78, 5) is 12.9. The van der Waals surface area contributed by atoms with E-state index in [1.165, 1.54) is 109 Å². The highest BCUT2D eigenvalue weighted by atomic mass is 16.7. The number of aliphatic hydroxyl groups excluding tert-OH is 6. The maximum absolute atomic E-state index is 12.9. The molecule has 0 radical (unpaired) electrons. The molecule has 0 bridgehead atoms. The van der Waals surface area contributed by atoms with Crippen LogP contribution in [0.25, 0.3) is 0 Å². The van der Waals surface area contributed by atoms with Crippen LogP contribution in [0.1, 0.15) is 162 Å². The summed E-state index contributed by atoms with van der Waals surface area (Å²) >= 11 is 0. The lowest BCUT2D eigenvalue weighted by Crippen LogP contribution is -2.60. The number of unbranched alkanes of at least 4 members (excludes halogenated alkanes) is 19. The second-order valence-electron chi connectivity index (χ2n) is 14.6. The first-order valence-electron chi connectivity index (χ1n) is 20.8. The third kappa shape index (κ3) is 23.2. The third-order valence-corrected chi connectivity index (χ3v) is 9.83. The summed E-state index contributed by atoms with van der Waals surface area (Å²) in [5, 5.41) is 64.3. The maximum atomic E-state index is 12.9. The summed E-state index contributed by atoms with van der Waals surface area (Å²) in [6.45, 7) is 3.53. The lowest BCUT2D eigenvalue weighted by Gasteiger charge is -2.40. The van der Waals surface area contributed by atoms with Crippen LogP contribution in [0.2, 0.25) is 0 Å². The predicted octanol–water partition coefficient (Wildman–Crippen LogP) is 6.69. The largest absolute Gasteiger partial charge is 0.394 e. The van der Waals surface area contributed by atoms with Crippen molar-refractivity contribution >= 4 is 5.91 Å². The Morgan fingerprint density at radius 1 is 0.673 bits per heavy atom. The number of nitrogens with one attached hydrogen (secondary N) is 1. The molecule has 0 aromatic carbocycles. The van der Waals surface area contributed by atoms with Crippen molar-refractivity contribution in [3.63, 3.8) is 0 Å². The van der Waals surface area contributed by atoms with Gasteiger partial charge in [0.15, 0.2) is 6.29 Å². The molecule has 1 amide bonds. The van der Waals surface area contributed by atoms with Gasteiger partial charge in [-0.25, -0.2) is 0 Å². The summed E-state index contributed by atoms with van der Waals surface area (Å²) in [5.74, 6) is -0.686. The topological polar surface area (TPSA) is 169 Å². The van der Waals surface area contributed by atoms with Gasteiger partial charge in [-0.15, -0.1) is 0 Å². The molecule has 1 fully saturated rings. The molecule has 52 heavy (non-hydrogen) atoms. The minimum atomic E-state index is -1.62. The molecule has 0 aromatic rings. The van der Waals surface area contributed by atoms with Crippen molar-refractivity contribution in [3.05, 3.63) is 36.5 Å². The van der Waals surface area contributed by atoms with Gasteiger partial charge in [0, 0.05) is 6.42 Å². The molecule has 1 saturated heterocycles. The van der Waals surface area contributed by atoms with E-state index in [9.17, 15) is 35.4 Å². The first-order valence-corrected chi connectivity index (χ1v) is 20.8. The number of aliphatic hydroxyl groups is 6. The lowest BCUT2D eigenvalue weighted by atomic mass is 9.99. The molecule has 8 unspecified atom stereocenters. The highest BCUT2D eigenvalue weighted by molar-refractivity contribution is 5.81. The fourth-order valence-electron chi connectivity index (χ4n) is 6.32. The summed E-state index contributed by atoms with van der Waals surface area (Å²) in [5.41, 5.74) is 0. The van der Waals surface area contributed by atoms with Crippen LogP contribution in [0.3, 0.4) is 0 Å². The predicted molar refractivity (Wildman–Crippen MR) is 209 cm³/mol. The second kappa shape index (κ2) is 32.8. The van der Waals surface area contributed by atoms with Crippen molar-refractivity contribution in [1.82, 2.24) is 5.32 Å². The number of amides is 1. The van der Waals surface area contributed by atoms with E-state index in [4.69, 9.17) is 9.47 Å². The number of rotatable bonds is 33. The van der Waals surface area contributed by atoms with E-state index < -0.39 is 61.5 Å². The van der Waals surface area contributed by atoms with Crippen molar-refractivity contribution in [2.75, 3.05) is 13.2 Å². The molecule has 10 heteroatoms. The van der Waals surface area contributed by atoms with Crippen LogP contribution in [-0.4, -0.2) is 98.7 Å². The smallest absolute Gasteiger partial charge is 0.249 e. The molecule has 0 saturated carbocycles. The Bertz CT molecular complexity index is 927. The zero-order chi connectivity index (χ0) is 38.2. The van der Waals surface area contributed by atoms with Crippen molar-refractivity contribution in [2.24, 2.45) is 0 Å². The fourth-order valence-corrected chi connectivity index (χ4v) is 6.32. The molecular weight excluding hydrogens is 662 g/mol. The second-order valence-corrected chi connectivity index (χ2v) is 14.6. The highest BCUT2D eigenvalue weighted by Gasteiger charge is 2.44. The van der Waals surface area contributed by atoms with Gasteiger partial charge in [0.1, 0.15) is 30.5 Å². The number of carbonyl (C=O) groups is 1. The standard InChI is InChI=1S/C42H77NO9/c1-3-5-7-9-11-13-15-17-18-19-21-22-24-26-28-30-35(45)34(33-51-42-40(49)39(48)38(47)37(32-44)52-42)43-41(50)36(46)31-29-27-25-23-20-16-14-12-10-8-6-4-2/h20,23,27-30,34-40,42,44-49H,3-19,21-22,24-26,31-33H2,1-2H3,(H,43,50)/b23-20-,29-27-,30-28+. The van der Waals surface area contributed by atoms with Gasteiger partial charge in [0.25, 0.3) is 0 Å². The maximum Gasteiger partial charge on any atom is 0.249 e. The van der Waals surface area contributed by atoms with Crippen LogP contribution in [-0.2, 0) is 14.3 Å². The Hall–Kier alpha value is -1.63. The number of hydrogen-bond acceptors (Lipinski definition) is 9. The SMILES string of the molecule is CCCCCCCC/C=C\C/C=C\CC(O)C(=O)NC(COC1OC(CO)C(O)C(O)C1O)C(O)/C=C/CCCCCCCCCCCCCCC. The minimum Gasteiger partial charge on any atom is -0.394 e. The van der Waals surface area contributed by atoms with E-state index in [0.29, 0.717) is 6.42 Å². The van der Waals surface area contributed by atoms with E-state index >= 15 is 0 Å². The van der Waals surface area contributed by atoms with Crippen molar-refractivity contribution in [2.45, 2.75) is 210 Å². The zero-order valence-electron chi connectivity index (χ0n) is 32.7. The fraction of sp³-hybridized carbons (Fsp3) is 0.833. The Kier molecular flexibility index (Phi) is 30.5. The van der Waals surface area contributed by atoms with Crippen LogP contribution in [0.4, 0.5) is 0 Å². The first kappa shape index (κ1) is 48.4. The van der Waals surface area contributed by atoms with Gasteiger partial charge in [-0.1, -0.05) is 159 Å². The average Bonchev–Trinajstić information content (AvgIpc) is 3.14. The quantitative estimate of drug-likeness (QED) is 0.0287. The number of carbonyl (C=O) groups excluding carboxylic acids is 1. The number of ether oxygens (including phenoxy) is 2. The van der Waals surface area contributed by atoms with Gasteiger partial charge in [0.2, 0.25) is 5.91 Å². The Morgan fingerprint density at radius 2 is 1.17 bits per heavy atom. The van der Waals surface area contributed by atoms with Gasteiger partial charge in [-0.05, 0) is 32.1 Å². The molecule has 1 rings (SSSR count). The molecule has 0 aromatic heterocycles. The Morgan fingerprint density at radius 3 is 1.71 bits per heavy atom.